The molecule has 0 saturated carbocycles. The van der Waals surface area contributed by atoms with Gasteiger partial charge in [0.15, 0.2) is 0 Å². The van der Waals surface area contributed by atoms with Crippen LogP contribution in [0.4, 0.5) is 0 Å². The van der Waals surface area contributed by atoms with Gasteiger partial charge in [-0.05, 0) is 42.7 Å². The predicted octanol–water partition coefficient (Wildman–Crippen LogP) is 4.56. The fourth-order valence-electron chi connectivity index (χ4n) is 4.18. The molecule has 4 nitrogen and oxygen atoms in total. The molecule has 1 aromatic carbocycles. The first-order valence-corrected chi connectivity index (χ1v) is 11.7. The summed E-state index contributed by atoms with van der Waals surface area (Å²) in [6, 6.07) is 12.3. The fourth-order valence-corrected chi connectivity index (χ4v) is 5.58. The number of halogens is 2. The third-order valence-electron chi connectivity index (χ3n) is 5.82. The molecule has 2 aliphatic heterocycles. The Morgan fingerprint density at radius 2 is 1.75 bits per heavy atom. The standard InChI is InChI=1S/C21H24BrClN2O2S/c22-17-3-1-16(2-4-17)21(7-13-27-14-8-21)20(26)25-11-9-24(10-12-25)15-18-5-6-19(23)28-18/h1-6H,7-15H2. The second-order valence-electron chi connectivity index (χ2n) is 7.48. The average molecular weight is 484 g/mol. The number of carbonyl (C=O) groups excluding carboxylic acids is 1. The molecule has 150 valence electrons. The van der Waals surface area contributed by atoms with Gasteiger partial charge in [0.1, 0.15) is 0 Å². The number of amides is 1. The number of benzene rings is 1. The molecule has 2 aliphatic rings. The van der Waals surface area contributed by atoms with Crippen LogP contribution in [-0.2, 0) is 21.5 Å². The van der Waals surface area contributed by atoms with Gasteiger partial charge in [-0.25, -0.2) is 0 Å². The molecule has 0 radical (unpaired) electrons. The highest BCUT2D eigenvalue weighted by Gasteiger charge is 2.44. The van der Waals surface area contributed by atoms with E-state index < -0.39 is 5.41 Å². The van der Waals surface area contributed by atoms with Crippen molar-refractivity contribution in [1.29, 1.82) is 0 Å². The molecule has 0 spiro atoms. The van der Waals surface area contributed by atoms with Crippen LogP contribution in [0.2, 0.25) is 4.34 Å². The highest BCUT2D eigenvalue weighted by atomic mass is 79.9. The van der Waals surface area contributed by atoms with Crippen molar-refractivity contribution in [2.45, 2.75) is 24.8 Å². The summed E-state index contributed by atoms with van der Waals surface area (Å²) in [6.45, 7) is 5.53. The van der Waals surface area contributed by atoms with E-state index >= 15 is 0 Å². The van der Waals surface area contributed by atoms with Crippen molar-refractivity contribution in [3.05, 3.63) is 55.6 Å². The molecular formula is C21H24BrClN2O2S. The van der Waals surface area contributed by atoms with Crippen molar-refractivity contribution in [1.82, 2.24) is 9.80 Å². The van der Waals surface area contributed by atoms with Crippen molar-refractivity contribution in [3.63, 3.8) is 0 Å². The van der Waals surface area contributed by atoms with E-state index in [1.54, 1.807) is 11.3 Å². The zero-order valence-corrected chi connectivity index (χ0v) is 18.9. The minimum atomic E-state index is -0.456. The Hall–Kier alpha value is -0.920. The van der Waals surface area contributed by atoms with E-state index in [9.17, 15) is 4.79 Å². The minimum Gasteiger partial charge on any atom is -0.381 e. The van der Waals surface area contributed by atoms with E-state index in [4.69, 9.17) is 16.3 Å². The van der Waals surface area contributed by atoms with Gasteiger partial charge in [0, 0.05) is 55.3 Å². The Morgan fingerprint density at radius 1 is 1.07 bits per heavy atom. The molecule has 0 bridgehead atoms. The molecule has 2 saturated heterocycles. The van der Waals surface area contributed by atoms with E-state index in [0.717, 1.165) is 59.9 Å². The SMILES string of the molecule is O=C(N1CCN(Cc2ccc(Cl)s2)CC1)C1(c2ccc(Br)cc2)CCOCC1. The van der Waals surface area contributed by atoms with Gasteiger partial charge in [0.25, 0.3) is 0 Å². The van der Waals surface area contributed by atoms with Crippen LogP contribution in [0.15, 0.2) is 40.9 Å². The summed E-state index contributed by atoms with van der Waals surface area (Å²) in [5.74, 6) is 0.261. The fraction of sp³-hybridized carbons (Fsp3) is 0.476. The maximum absolute atomic E-state index is 13.7. The number of rotatable bonds is 4. The second kappa shape index (κ2) is 8.84. The lowest BCUT2D eigenvalue weighted by Crippen LogP contribution is -2.55. The lowest BCUT2D eigenvalue weighted by atomic mass is 9.73. The van der Waals surface area contributed by atoms with Gasteiger partial charge >= 0.3 is 0 Å². The quantitative estimate of drug-likeness (QED) is 0.639. The first-order valence-electron chi connectivity index (χ1n) is 9.67. The average Bonchev–Trinajstić information content (AvgIpc) is 3.13. The molecule has 2 fully saturated rings. The van der Waals surface area contributed by atoms with Crippen LogP contribution in [0, 0.1) is 0 Å². The van der Waals surface area contributed by atoms with E-state index in [0.29, 0.717) is 13.2 Å². The maximum atomic E-state index is 13.7. The van der Waals surface area contributed by atoms with Gasteiger partial charge in [0.2, 0.25) is 5.91 Å². The lowest BCUT2D eigenvalue weighted by Gasteiger charge is -2.43. The smallest absolute Gasteiger partial charge is 0.233 e. The topological polar surface area (TPSA) is 32.8 Å². The Bertz CT molecular complexity index is 812. The molecule has 0 unspecified atom stereocenters. The number of piperazine rings is 1. The van der Waals surface area contributed by atoms with Gasteiger partial charge in [-0.1, -0.05) is 39.7 Å². The van der Waals surface area contributed by atoms with Crippen LogP contribution in [0.25, 0.3) is 0 Å². The highest BCUT2D eigenvalue weighted by Crippen LogP contribution is 2.37. The summed E-state index contributed by atoms with van der Waals surface area (Å²) in [7, 11) is 0. The Kier molecular flexibility index (Phi) is 6.43. The number of thiophene rings is 1. The Labute approximate surface area is 183 Å². The number of ether oxygens (including phenoxy) is 1. The van der Waals surface area contributed by atoms with E-state index in [2.05, 4.69) is 43.9 Å². The highest BCUT2D eigenvalue weighted by molar-refractivity contribution is 9.10. The maximum Gasteiger partial charge on any atom is 0.233 e. The summed E-state index contributed by atoms with van der Waals surface area (Å²) >= 11 is 11.2. The van der Waals surface area contributed by atoms with E-state index in [-0.39, 0.29) is 5.91 Å². The first kappa shape index (κ1) is 20.4. The Balaban J connectivity index is 1.45. The van der Waals surface area contributed by atoms with E-state index in [1.807, 2.05) is 18.2 Å². The van der Waals surface area contributed by atoms with E-state index in [1.165, 1.54) is 4.88 Å². The molecule has 2 aromatic rings. The van der Waals surface area contributed by atoms with Crippen molar-refractivity contribution in [2.75, 3.05) is 39.4 Å². The molecule has 1 aromatic heterocycles. The summed E-state index contributed by atoms with van der Waals surface area (Å²) in [6.07, 6.45) is 1.50. The number of hydrogen-bond donors (Lipinski definition) is 0. The molecule has 28 heavy (non-hydrogen) atoms. The third kappa shape index (κ3) is 4.31. The van der Waals surface area contributed by atoms with Crippen LogP contribution in [0.5, 0.6) is 0 Å². The molecule has 0 N–H and O–H groups in total. The zero-order chi connectivity index (χ0) is 19.6. The number of hydrogen-bond acceptors (Lipinski definition) is 4. The van der Waals surface area contributed by atoms with Crippen LogP contribution in [0.1, 0.15) is 23.3 Å². The minimum absolute atomic E-state index is 0.261. The van der Waals surface area contributed by atoms with Gasteiger partial charge in [-0.15, -0.1) is 11.3 Å². The number of carbonyl (C=O) groups is 1. The normalized spacial score (nSPS) is 20.3. The molecular weight excluding hydrogens is 460 g/mol. The third-order valence-corrected chi connectivity index (χ3v) is 7.56. The summed E-state index contributed by atoms with van der Waals surface area (Å²) in [5, 5.41) is 0. The molecule has 1 amide bonds. The van der Waals surface area contributed by atoms with Crippen LogP contribution in [-0.4, -0.2) is 55.1 Å². The summed E-state index contributed by atoms with van der Waals surface area (Å²) in [5.41, 5.74) is 0.655. The molecule has 3 heterocycles. The van der Waals surface area contributed by atoms with Crippen molar-refractivity contribution < 1.29 is 9.53 Å². The number of nitrogens with zero attached hydrogens (tertiary/aromatic N) is 2. The van der Waals surface area contributed by atoms with Gasteiger partial charge in [-0.2, -0.15) is 0 Å². The molecule has 0 aliphatic carbocycles. The zero-order valence-electron chi connectivity index (χ0n) is 15.7. The predicted molar refractivity (Wildman–Crippen MR) is 117 cm³/mol. The monoisotopic (exact) mass is 482 g/mol. The van der Waals surface area contributed by atoms with Crippen molar-refractivity contribution >= 4 is 44.8 Å². The first-order chi connectivity index (χ1) is 13.6. The summed E-state index contributed by atoms with van der Waals surface area (Å²) < 4.78 is 7.46. The lowest BCUT2D eigenvalue weighted by molar-refractivity contribution is -0.143. The van der Waals surface area contributed by atoms with Crippen molar-refractivity contribution in [2.24, 2.45) is 0 Å². The molecule has 7 heteroatoms. The van der Waals surface area contributed by atoms with Gasteiger partial charge in [-0.3, -0.25) is 9.69 Å². The molecule has 0 atom stereocenters. The van der Waals surface area contributed by atoms with Gasteiger partial charge in [0.05, 0.1) is 9.75 Å². The van der Waals surface area contributed by atoms with Crippen LogP contribution >= 0.6 is 38.9 Å². The van der Waals surface area contributed by atoms with Crippen LogP contribution in [0.3, 0.4) is 0 Å². The molecule has 4 rings (SSSR count). The van der Waals surface area contributed by atoms with Crippen LogP contribution < -0.4 is 0 Å². The second-order valence-corrected chi connectivity index (χ2v) is 10.2. The van der Waals surface area contributed by atoms with Gasteiger partial charge < -0.3 is 9.64 Å². The Morgan fingerprint density at radius 3 is 2.36 bits per heavy atom. The summed E-state index contributed by atoms with van der Waals surface area (Å²) in [4.78, 5) is 19.4. The largest absolute Gasteiger partial charge is 0.381 e. The van der Waals surface area contributed by atoms with Crippen molar-refractivity contribution in [3.8, 4) is 0 Å².